The number of nitro groups is 1. The molecule has 0 spiro atoms. The van der Waals surface area contributed by atoms with Crippen LogP contribution >= 0.6 is 0 Å². The zero-order valence-electron chi connectivity index (χ0n) is 11.2. The molecule has 0 saturated carbocycles. The summed E-state index contributed by atoms with van der Waals surface area (Å²) in [6.07, 6.45) is 0. The van der Waals surface area contributed by atoms with Gasteiger partial charge in [0.1, 0.15) is 17.3 Å². The zero-order chi connectivity index (χ0) is 15.4. The highest BCUT2D eigenvalue weighted by Gasteiger charge is 2.17. The molecular weight excluding hydrogens is 274 g/mol. The van der Waals surface area contributed by atoms with Crippen LogP contribution in [0.1, 0.15) is 5.56 Å². The summed E-state index contributed by atoms with van der Waals surface area (Å²) < 4.78 is 10.6. The molecule has 2 aromatic carbocycles. The van der Waals surface area contributed by atoms with Gasteiger partial charge in [0.05, 0.1) is 17.6 Å². The number of para-hydroxylation sites is 2. The minimum Gasteiger partial charge on any atom is -0.497 e. The number of nitrogens with one attached hydrogen (secondary N) is 1. The van der Waals surface area contributed by atoms with Gasteiger partial charge in [-0.05, 0) is 18.2 Å². The Labute approximate surface area is 120 Å². The smallest absolute Gasteiger partial charge is 0.311 e. The van der Waals surface area contributed by atoms with Crippen molar-refractivity contribution in [2.24, 2.45) is 5.73 Å². The second-order valence-corrected chi connectivity index (χ2v) is 4.10. The van der Waals surface area contributed by atoms with E-state index < -0.39 is 4.92 Å². The van der Waals surface area contributed by atoms with Crippen LogP contribution in [0.25, 0.3) is 0 Å². The lowest BCUT2D eigenvalue weighted by Crippen LogP contribution is -2.12. The Bertz CT molecular complexity index is 700. The molecular formula is C14H13N3O4. The molecule has 0 aromatic heterocycles. The van der Waals surface area contributed by atoms with Gasteiger partial charge in [0.2, 0.25) is 5.75 Å². The summed E-state index contributed by atoms with van der Waals surface area (Å²) in [7, 11) is 1.48. The molecule has 21 heavy (non-hydrogen) atoms. The van der Waals surface area contributed by atoms with Crippen LogP contribution in [0.3, 0.4) is 0 Å². The van der Waals surface area contributed by atoms with Crippen LogP contribution in [-0.2, 0) is 0 Å². The Morgan fingerprint density at radius 2 is 1.95 bits per heavy atom. The molecule has 0 unspecified atom stereocenters. The third-order valence-electron chi connectivity index (χ3n) is 2.76. The average Bonchev–Trinajstić information content (AvgIpc) is 2.47. The Balaban J connectivity index is 2.48. The lowest BCUT2D eigenvalue weighted by atomic mass is 10.1. The number of hydrogen-bond donors (Lipinski definition) is 2. The lowest BCUT2D eigenvalue weighted by molar-refractivity contribution is -0.385. The first-order chi connectivity index (χ1) is 10.0. The fraction of sp³-hybridized carbons (Fsp3) is 0.0714. The maximum atomic E-state index is 11.0. The van der Waals surface area contributed by atoms with Gasteiger partial charge in [0.25, 0.3) is 0 Å². The van der Waals surface area contributed by atoms with E-state index in [0.29, 0.717) is 11.3 Å². The van der Waals surface area contributed by atoms with E-state index in [1.807, 2.05) is 0 Å². The van der Waals surface area contributed by atoms with Crippen LogP contribution in [0.2, 0.25) is 0 Å². The van der Waals surface area contributed by atoms with Crippen molar-refractivity contribution in [3.63, 3.8) is 0 Å². The van der Waals surface area contributed by atoms with Crippen LogP contribution in [0.15, 0.2) is 42.5 Å². The molecule has 0 fully saturated rings. The topological polar surface area (TPSA) is 111 Å². The molecule has 2 rings (SSSR count). The number of rotatable bonds is 5. The summed E-state index contributed by atoms with van der Waals surface area (Å²) in [5.74, 6) is 0.578. The van der Waals surface area contributed by atoms with Crippen molar-refractivity contribution in [1.29, 1.82) is 5.41 Å². The normalized spacial score (nSPS) is 9.95. The van der Waals surface area contributed by atoms with Crippen molar-refractivity contribution < 1.29 is 14.4 Å². The molecule has 0 saturated heterocycles. The van der Waals surface area contributed by atoms with E-state index in [0.717, 1.165) is 0 Å². The van der Waals surface area contributed by atoms with Gasteiger partial charge < -0.3 is 15.2 Å². The number of nitrogens with two attached hydrogens (primary N) is 1. The van der Waals surface area contributed by atoms with Gasteiger partial charge in [-0.3, -0.25) is 15.5 Å². The van der Waals surface area contributed by atoms with Crippen LogP contribution in [-0.4, -0.2) is 17.9 Å². The summed E-state index contributed by atoms with van der Waals surface area (Å²) >= 11 is 0. The minimum atomic E-state index is -0.539. The van der Waals surface area contributed by atoms with E-state index in [1.165, 1.54) is 25.3 Å². The molecule has 3 N–H and O–H groups in total. The van der Waals surface area contributed by atoms with Crippen molar-refractivity contribution in [3.8, 4) is 17.2 Å². The Kier molecular flexibility index (Phi) is 4.03. The number of ether oxygens (including phenoxy) is 2. The van der Waals surface area contributed by atoms with Gasteiger partial charge in [-0.2, -0.15) is 0 Å². The van der Waals surface area contributed by atoms with Gasteiger partial charge in [-0.25, -0.2) is 0 Å². The van der Waals surface area contributed by atoms with Gasteiger partial charge in [0, 0.05) is 12.1 Å². The Morgan fingerprint density at radius 3 is 2.57 bits per heavy atom. The number of amidine groups is 1. The summed E-state index contributed by atoms with van der Waals surface area (Å²) in [5.41, 5.74) is 5.64. The van der Waals surface area contributed by atoms with Crippen LogP contribution < -0.4 is 15.2 Å². The molecule has 0 aliphatic heterocycles. The van der Waals surface area contributed by atoms with E-state index in [4.69, 9.17) is 20.6 Å². The zero-order valence-corrected chi connectivity index (χ0v) is 11.2. The number of benzene rings is 2. The van der Waals surface area contributed by atoms with E-state index >= 15 is 0 Å². The third kappa shape index (κ3) is 3.08. The van der Waals surface area contributed by atoms with Gasteiger partial charge >= 0.3 is 5.69 Å². The summed E-state index contributed by atoms with van der Waals surface area (Å²) in [5, 5.41) is 18.5. The first kappa shape index (κ1) is 14.3. The fourth-order valence-electron chi connectivity index (χ4n) is 1.75. The number of nitrogen functional groups attached to an aromatic ring is 1. The predicted octanol–water partition coefficient (Wildman–Crippen LogP) is 2.68. The maximum Gasteiger partial charge on any atom is 0.311 e. The van der Waals surface area contributed by atoms with Crippen molar-refractivity contribution in [1.82, 2.24) is 0 Å². The van der Waals surface area contributed by atoms with Gasteiger partial charge in [0.15, 0.2) is 0 Å². The summed E-state index contributed by atoms with van der Waals surface area (Å²) in [6.45, 7) is 0. The second-order valence-electron chi connectivity index (χ2n) is 4.10. The SMILES string of the molecule is COc1ccc(C(=N)N)c(Oc2ccccc2[N+](=O)[O-])c1. The number of methoxy groups -OCH3 is 1. The minimum absolute atomic E-state index is 0.0678. The largest absolute Gasteiger partial charge is 0.497 e. The number of hydrogen-bond acceptors (Lipinski definition) is 5. The van der Waals surface area contributed by atoms with Crippen LogP contribution in [0, 0.1) is 15.5 Å². The first-order valence-corrected chi connectivity index (χ1v) is 5.96. The highest BCUT2D eigenvalue weighted by atomic mass is 16.6. The lowest BCUT2D eigenvalue weighted by Gasteiger charge is -2.11. The van der Waals surface area contributed by atoms with Gasteiger partial charge in [-0.1, -0.05) is 12.1 Å². The Morgan fingerprint density at radius 1 is 1.24 bits per heavy atom. The van der Waals surface area contributed by atoms with E-state index in [1.54, 1.807) is 24.3 Å². The Hall–Kier alpha value is -3.09. The maximum absolute atomic E-state index is 11.0. The molecule has 0 heterocycles. The summed E-state index contributed by atoms with van der Waals surface area (Å²) in [6, 6.07) is 10.7. The van der Waals surface area contributed by atoms with E-state index in [9.17, 15) is 10.1 Å². The highest BCUT2D eigenvalue weighted by Crippen LogP contribution is 2.34. The molecule has 0 aliphatic rings. The highest BCUT2D eigenvalue weighted by molar-refractivity contribution is 5.98. The van der Waals surface area contributed by atoms with Crippen molar-refractivity contribution >= 4 is 11.5 Å². The molecule has 2 aromatic rings. The molecule has 7 heteroatoms. The van der Waals surface area contributed by atoms with E-state index in [-0.39, 0.29) is 23.0 Å². The van der Waals surface area contributed by atoms with Crippen LogP contribution in [0.5, 0.6) is 17.2 Å². The van der Waals surface area contributed by atoms with Crippen molar-refractivity contribution in [2.75, 3.05) is 7.11 Å². The molecule has 0 aliphatic carbocycles. The molecule has 0 bridgehead atoms. The van der Waals surface area contributed by atoms with Crippen LogP contribution in [0.4, 0.5) is 5.69 Å². The predicted molar refractivity (Wildman–Crippen MR) is 77.2 cm³/mol. The van der Waals surface area contributed by atoms with Crippen molar-refractivity contribution in [2.45, 2.75) is 0 Å². The molecule has 0 radical (unpaired) electrons. The molecule has 7 nitrogen and oxygen atoms in total. The molecule has 0 atom stereocenters. The standard InChI is InChI=1S/C14H13N3O4/c1-20-9-6-7-10(14(15)16)13(8-9)21-12-5-3-2-4-11(12)17(18)19/h2-8H,1H3,(H3,15,16). The first-order valence-electron chi connectivity index (χ1n) is 5.96. The molecule has 108 valence electrons. The van der Waals surface area contributed by atoms with E-state index in [2.05, 4.69) is 0 Å². The van der Waals surface area contributed by atoms with Crippen molar-refractivity contribution in [3.05, 3.63) is 58.1 Å². The van der Waals surface area contributed by atoms with Gasteiger partial charge in [-0.15, -0.1) is 0 Å². The second kappa shape index (κ2) is 5.91. The number of nitro benzene ring substituents is 1. The monoisotopic (exact) mass is 287 g/mol. The fourth-order valence-corrected chi connectivity index (χ4v) is 1.75. The quantitative estimate of drug-likeness (QED) is 0.380. The summed E-state index contributed by atoms with van der Waals surface area (Å²) in [4.78, 5) is 10.4. The molecule has 0 amide bonds. The number of nitrogens with zero attached hydrogens (tertiary/aromatic N) is 1. The third-order valence-corrected chi connectivity index (χ3v) is 2.76. The average molecular weight is 287 g/mol.